The van der Waals surface area contributed by atoms with Gasteiger partial charge in [-0.15, -0.1) is 0 Å². The highest BCUT2D eigenvalue weighted by Gasteiger charge is 2.17. The molecule has 0 unspecified atom stereocenters. The molecule has 3 rings (SSSR count). The Morgan fingerprint density at radius 2 is 1.50 bits per heavy atom. The van der Waals surface area contributed by atoms with Gasteiger partial charge in [-0.1, -0.05) is 61.3 Å². The van der Waals surface area contributed by atoms with Crippen LogP contribution in [0.3, 0.4) is 0 Å². The largest absolute Gasteiger partial charge is 0.380 e. The van der Waals surface area contributed by atoms with Gasteiger partial charge in [-0.05, 0) is 29.8 Å². The third kappa shape index (κ3) is 2.51. The van der Waals surface area contributed by atoms with Gasteiger partial charge in [-0.2, -0.15) is 0 Å². The molecule has 3 aromatic rings. The summed E-state index contributed by atoms with van der Waals surface area (Å²) in [6.45, 7) is 0. The molecular weight excluding hydrogens is 384 g/mol. The number of hydrogen-bond donors (Lipinski definition) is 1. The van der Waals surface area contributed by atoms with Gasteiger partial charge >= 0.3 is 0 Å². The maximum atomic E-state index is 5.97. The van der Waals surface area contributed by atoms with E-state index in [1.165, 1.54) is 0 Å². The minimum absolute atomic E-state index is 0.387. The quantitative estimate of drug-likeness (QED) is 0.657. The minimum Gasteiger partial charge on any atom is -0.380 e. The van der Waals surface area contributed by atoms with Crippen molar-refractivity contribution in [2.45, 2.75) is 0 Å². The molecule has 2 aromatic carbocycles. The summed E-state index contributed by atoms with van der Waals surface area (Å²) in [4.78, 5) is 0. The number of anilines is 1. The summed E-state index contributed by atoms with van der Waals surface area (Å²) < 4.78 is 7.38. The number of halogens is 2. The highest BCUT2D eigenvalue weighted by atomic mass is 79.9. The highest BCUT2D eigenvalue weighted by Crippen LogP contribution is 2.37. The van der Waals surface area contributed by atoms with Crippen LogP contribution in [0.1, 0.15) is 0 Å². The van der Waals surface area contributed by atoms with Crippen molar-refractivity contribution in [1.82, 2.24) is 5.16 Å². The lowest BCUT2D eigenvalue weighted by molar-refractivity contribution is 0.436. The van der Waals surface area contributed by atoms with E-state index in [9.17, 15) is 0 Å². The fourth-order valence-electron chi connectivity index (χ4n) is 2.05. The number of benzene rings is 2. The zero-order valence-corrected chi connectivity index (χ0v) is 13.5. The van der Waals surface area contributed by atoms with Gasteiger partial charge in [0.25, 0.3) is 0 Å². The fourth-order valence-corrected chi connectivity index (χ4v) is 2.85. The molecule has 3 nitrogen and oxygen atoms in total. The highest BCUT2D eigenvalue weighted by molar-refractivity contribution is 9.10. The van der Waals surface area contributed by atoms with Crippen LogP contribution in [-0.4, -0.2) is 5.16 Å². The first-order chi connectivity index (χ1) is 9.65. The first-order valence-electron chi connectivity index (χ1n) is 5.92. The number of hydrogen-bond acceptors (Lipinski definition) is 3. The number of nitrogens with two attached hydrogens (primary N) is 1. The lowest BCUT2D eigenvalue weighted by Gasteiger charge is -2.04. The summed E-state index contributed by atoms with van der Waals surface area (Å²) >= 11 is 6.92. The van der Waals surface area contributed by atoms with Crippen molar-refractivity contribution in [2.75, 3.05) is 5.73 Å². The molecule has 0 aliphatic rings. The molecule has 0 aliphatic heterocycles. The van der Waals surface area contributed by atoms with Gasteiger partial charge in [0, 0.05) is 14.5 Å². The number of nitrogens with zero attached hydrogens (tertiary/aromatic N) is 1. The minimum atomic E-state index is 0.387. The average Bonchev–Trinajstić information content (AvgIpc) is 2.80. The molecule has 0 saturated carbocycles. The van der Waals surface area contributed by atoms with Gasteiger partial charge in [0.1, 0.15) is 0 Å². The molecular formula is C15H10Br2N2O. The molecule has 0 atom stereocenters. The number of nitrogen functional groups attached to an aromatic ring is 1. The SMILES string of the molecule is Nc1noc(-c2cccc(Br)c2)c1-c1cccc(Br)c1. The van der Waals surface area contributed by atoms with Crippen molar-refractivity contribution in [1.29, 1.82) is 0 Å². The van der Waals surface area contributed by atoms with Crippen molar-refractivity contribution in [2.24, 2.45) is 0 Å². The van der Waals surface area contributed by atoms with Crippen LogP contribution in [0.15, 0.2) is 62.0 Å². The smallest absolute Gasteiger partial charge is 0.176 e. The molecule has 0 aliphatic carbocycles. The third-order valence-corrected chi connectivity index (χ3v) is 3.91. The Hall–Kier alpha value is -1.59. The molecule has 100 valence electrons. The third-order valence-electron chi connectivity index (χ3n) is 2.92. The van der Waals surface area contributed by atoms with Gasteiger partial charge in [-0.3, -0.25) is 0 Å². The summed E-state index contributed by atoms with van der Waals surface area (Å²) in [6, 6.07) is 15.7. The first kappa shape index (κ1) is 13.4. The van der Waals surface area contributed by atoms with E-state index in [1.54, 1.807) is 0 Å². The van der Waals surface area contributed by atoms with Crippen LogP contribution in [0.25, 0.3) is 22.5 Å². The van der Waals surface area contributed by atoms with Gasteiger partial charge in [0.05, 0.1) is 5.56 Å². The maximum Gasteiger partial charge on any atom is 0.176 e. The maximum absolute atomic E-state index is 5.97. The molecule has 0 amide bonds. The molecule has 5 heteroatoms. The predicted molar refractivity (Wildman–Crippen MR) is 87.2 cm³/mol. The molecule has 0 saturated heterocycles. The molecule has 2 N–H and O–H groups in total. The zero-order valence-electron chi connectivity index (χ0n) is 10.3. The lowest BCUT2D eigenvalue weighted by Crippen LogP contribution is -1.89. The molecule has 20 heavy (non-hydrogen) atoms. The van der Waals surface area contributed by atoms with Crippen LogP contribution in [-0.2, 0) is 0 Å². The van der Waals surface area contributed by atoms with Crippen molar-refractivity contribution in [3.8, 4) is 22.5 Å². The Morgan fingerprint density at radius 3 is 2.15 bits per heavy atom. The van der Waals surface area contributed by atoms with E-state index in [0.717, 1.165) is 25.6 Å². The number of aromatic nitrogens is 1. The Morgan fingerprint density at radius 1 is 0.900 bits per heavy atom. The molecule has 1 heterocycles. The van der Waals surface area contributed by atoms with Crippen molar-refractivity contribution < 1.29 is 4.52 Å². The normalized spacial score (nSPS) is 10.7. The topological polar surface area (TPSA) is 52.0 Å². The fraction of sp³-hybridized carbons (Fsp3) is 0. The molecule has 1 aromatic heterocycles. The Labute approximate surface area is 133 Å². The molecule has 0 radical (unpaired) electrons. The zero-order chi connectivity index (χ0) is 14.1. The predicted octanol–water partition coefficient (Wildman–Crippen LogP) is 5.12. The van der Waals surface area contributed by atoms with Crippen LogP contribution < -0.4 is 5.73 Å². The van der Waals surface area contributed by atoms with E-state index in [0.29, 0.717) is 11.6 Å². The Balaban J connectivity index is 2.20. The number of rotatable bonds is 2. The van der Waals surface area contributed by atoms with Crippen molar-refractivity contribution >= 4 is 37.7 Å². The lowest BCUT2D eigenvalue weighted by atomic mass is 10.0. The second kappa shape index (κ2) is 5.42. The van der Waals surface area contributed by atoms with E-state index >= 15 is 0 Å². The van der Waals surface area contributed by atoms with Crippen LogP contribution in [0.5, 0.6) is 0 Å². The summed E-state index contributed by atoms with van der Waals surface area (Å²) in [5, 5.41) is 3.90. The second-order valence-corrected chi connectivity index (χ2v) is 6.12. The Bertz CT molecular complexity index is 768. The summed E-state index contributed by atoms with van der Waals surface area (Å²) in [6.07, 6.45) is 0. The van der Waals surface area contributed by atoms with Crippen LogP contribution in [0.4, 0.5) is 5.82 Å². The first-order valence-corrected chi connectivity index (χ1v) is 7.51. The molecule has 0 spiro atoms. The molecule has 0 fully saturated rings. The van der Waals surface area contributed by atoms with Gasteiger partial charge < -0.3 is 10.3 Å². The van der Waals surface area contributed by atoms with E-state index in [2.05, 4.69) is 37.0 Å². The van der Waals surface area contributed by atoms with Crippen molar-refractivity contribution in [3.63, 3.8) is 0 Å². The van der Waals surface area contributed by atoms with Gasteiger partial charge in [0.2, 0.25) is 0 Å². The van der Waals surface area contributed by atoms with E-state index in [1.807, 2.05) is 48.5 Å². The van der Waals surface area contributed by atoms with Gasteiger partial charge in [-0.25, -0.2) is 0 Å². The Kier molecular flexibility index (Phi) is 3.63. The monoisotopic (exact) mass is 392 g/mol. The summed E-state index contributed by atoms with van der Waals surface area (Å²) in [5.41, 5.74) is 8.67. The standard InChI is InChI=1S/C15H10Br2N2O/c16-11-5-1-3-9(7-11)13-14(20-19-15(13)18)10-4-2-6-12(17)8-10/h1-8H,(H2,18,19). The van der Waals surface area contributed by atoms with Crippen LogP contribution in [0, 0.1) is 0 Å². The summed E-state index contributed by atoms with van der Waals surface area (Å²) in [5.74, 6) is 1.06. The van der Waals surface area contributed by atoms with Gasteiger partial charge in [0.15, 0.2) is 11.6 Å². The second-order valence-electron chi connectivity index (χ2n) is 4.29. The van der Waals surface area contributed by atoms with E-state index < -0.39 is 0 Å². The van der Waals surface area contributed by atoms with Crippen LogP contribution >= 0.6 is 31.9 Å². The van der Waals surface area contributed by atoms with Crippen LogP contribution in [0.2, 0.25) is 0 Å². The van der Waals surface area contributed by atoms with E-state index in [4.69, 9.17) is 10.3 Å². The molecule has 0 bridgehead atoms. The summed E-state index contributed by atoms with van der Waals surface area (Å²) in [7, 11) is 0. The van der Waals surface area contributed by atoms with Crippen molar-refractivity contribution in [3.05, 3.63) is 57.5 Å². The van der Waals surface area contributed by atoms with E-state index in [-0.39, 0.29) is 0 Å². The average molecular weight is 394 g/mol.